The van der Waals surface area contributed by atoms with Gasteiger partial charge in [0.15, 0.2) is 11.7 Å². The van der Waals surface area contributed by atoms with Gasteiger partial charge in [-0.3, -0.25) is 9.59 Å². The lowest BCUT2D eigenvalue weighted by Gasteiger charge is -2.31. The molecule has 0 aromatic heterocycles. The van der Waals surface area contributed by atoms with Gasteiger partial charge in [0.05, 0.1) is 11.3 Å². The van der Waals surface area contributed by atoms with E-state index in [9.17, 15) is 14.4 Å². The molecule has 1 fully saturated rings. The standard InChI is InChI=1S/C23H32N2O5/c1-14(2)12-19(20(26)24-16-8-6-5-7-9-16)29-21(27)15-10-11-18-17(13-15)25-22(28)23(3,4)30-18/h10-11,13-14,16,19H,5-9,12H2,1-4H3,(H,24,26)(H,25,28)/t19-/m0/s1. The van der Waals surface area contributed by atoms with Gasteiger partial charge in [0, 0.05) is 6.04 Å². The molecule has 1 saturated carbocycles. The van der Waals surface area contributed by atoms with Crippen LogP contribution in [-0.2, 0) is 14.3 Å². The number of carbonyl (C=O) groups is 3. The van der Waals surface area contributed by atoms with Crippen molar-refractivity contribution < 1.29 is 23.9 Å². The Hall–Kier alpha value is -2.57. The van der Waals surface area contributed by atoms with E-state index in [1.54, 1.807) is 26.0 Å². The van der Waals surface area contributed by atoms with Crippen LogP contribution in [0.3, 0.4) is 0 Å². The Balaban J connectivity index is 1.70. The topological polar surface area (TPSA) is 93.7 Å². The van der Waals surface area contributed by atoms with Gasteiger partial charge < -0.3 is 20.1 Å². The number of esters is 1. The number of rotatable bonds is 6. The van der Waals surface area contributed by atoms with Gasteiger partial charge in [0.25, 0.3) is 11.8 Å². The Labute approximate surface area is 177 Å². The first-order chi connectivity index (χ1) is 14.2. The zero-order chi connectivity index (χ0) is 21.9. The molecule has 1 aromatic rings. The average molecular weight is 417 g/mol. The average Bonchev–Trinajstić information content (AvgIpc) is 2.68. The monoisotopic (exact) mass is 416 g/mol. The summed E-state index contributed by atoms with van der Waals surface area (Å²) >= 11 is 0. The number of ether oxygens (including phenoxy) is 2. The molecule has 0 spiro atoms. The Morgan fingerprint density at radius 1 is 1.23 bits per heavy atom. The number of benzene rings is 1. The molecule has 7 nitrogen and oxygen atoms in total. The third kappa shape index (κ3) is 5.32. The number of nitrogens with one attached hydrogen (secondary N) is 2. The van der Waals surface area contributed by atoms with E-state index in [4.69, 9.17) is 9.47 Å². The maximum absolute atomic E-state index is 12.8. The molecule has 0 bridgehead atoms. The van der Waals surface area contributed by atoms with E-state index in [-0.39, 0.29) is 29.3 Å². The summed E-state index contributed by atoms with van der Waals surface area (Å²) in [4.78, 5) is 37.7. The molecule has 1 aliphatic heterocycles. The second-order valence-electron chi connectivity index (χ2n) is 9.14. The number of amides is 2. The van der Waals surface area contributed by atoms with Crippen LogP contribution in [0.1, 0.15) is 76.6 Å². The van der Waals surface area contributed by atoms with Crippen molar-refractivity contribution in [2.24, 2.45) is 5.92 Å². The summed E-state index contributed by atoms with van der Waals surface area (Å²) in [6.07, 6.45) is 4.96. The van der Waals surface area contributed by atoms with Gasteiger partial charge in [-0.1, -0.05) is 33.1 Å². The lowest BCUT2D eigenvalue weighted by Crippen LogP contribution is -2.45. The minimum Gasteiger partial charge on any atom is -0.476 e. The molecule has 3 rings (SSSR count). The molecular formula is C23H32N2O5. The quantitative estimate of drug-likeness (QED) is 0.688. The van der Waals surface area contributed by atoms with Crippen LogP contribution >= 0.6 is 0 Å². The molecule has 2 aliphatic rings. The van der Waals surface area contributed by atoms with Crippen LogP contribution in [0.25, 0.3) is 0 Å². The van der Waals surface area contributed by atoms with Gasteiger partial charge in [0.2, 0.25) is 0 Å². The highest BCUT2D eigenvalue weighted by Crippen LogP contribution is 2.34. The Morgan fingerprint density at radius 3 is 2.60 bits per heavy atom. The minimum atomic E-state index is -0.978. The number of hydrogen-bond acceptors (Lipinski definition) is 5. The number of carbonyl (C=O) groups excluding carboxylic acids is 3. The molecule has 0 saturated heterocycles. The summed E-state index contributed by atoms with van der Waals surface area (Å²) in [6, 6.07) is 4.89. The SMILES string of the molecule is CC(C)C[C@H](OC(=O)c1ccc2c(c1)NC(=O)C(C)(C)O2)C(=O)NC1CCCCC1. The van der Waals surface area contributed by atoms with E-state index in [0.717, 1.165) is 25.7 Å². The lowest BCUT2D eigenvalue weighted by atomic mass is 9.95. The number of anilines is 1. The highest BCUT2D eigenvalue weighted by molar-refractivity contribution is 6.02. The second kappa shape index (κ2) is 9.06. The number of fused-ring (bicyclic) bond motifs is 1. The van der Waals surface area contributed by atoms with Crippen LogP contribution in [0.15, 0.2) is 18.2 Å². The first kappa shape index (κ1) is 22.1. The predicted molar refractivity (Wildman–Crippen MR) is 113 cm³/mol. The van der Waals surface area contributed by atoms with Crippen LogP contribution in [0, 0.1) is 5.92 Å². The van der Waals surface area contributed by atoms with Gasteiger partial charge in [-0.15, -0.1) is 0 Å². The fraction of sp³-hybridized carbons (Fsp3) is 0.609. The van der Waals surface area contributed by atoms with Crippen molar-refractivity contribution in [1.82, 2.24) is 5.32 Å². The Bertz CT molecular complexity index is 812. The zero-order valence-electron chi connectivity index (χ0n) is 18.2. The van der Waals surface area contributed by atoms with Gasteiger partial charge in [-0.25, -0.2) is 4.79 Å². The Morgan fingerprint density at radius 2 is 1.93 bits per heavy atom. The van der Waals surface area contributed by atoms with E-state index >= 15 is 0 Å². The smallest absolute Gasteiger partial charge is 0.338 e. The van der Waals surface area contributed by atoms with E-state index in [1.165, 1.54) is 12.5 Å². The van der Waals surface area contributed by atoms with E-state index in [2.05, 4.69) is 10.6 Å². The normalized spacial score (nSPS) is 19.3. The predicted octanol–water partition coefficient (Wildman–Crippen LogP) is 3.82. The maximum Gasteiger partial charge on any atom is 0.338 e. The summed E-state index contributed by atoms with van der Waals surface area (Å²) in [7, 11) is 0. The fourth-order valence-electron chi connectivity index (χ4n) is 3.81. The first-order valence-corrected chi connectivity index (χ1v) is 10.8. The van der Waals surface area contributed by atoms with Gasteiger partial charge >= 0.3 is 5.97 Å². The fourth-order valence-corrected chi connectivity index (χ4v) is 3.81. The van der Waals surface area contributed by atoms with Gasteiger partial charge in [-0.2, -0.15) is 0 Å². The molecule has 0 radical (unpaired) electrons. The zero-order valence-corrected chi connectivity index (χ0v) is 18.2. The Kier molecular flexibility index (Phi) is 6.68. The van der Waals surface area contributed by atoms with Crippen molar-refractivity contribution in [2.75, 3.05) is 5.32 Å². The van der Waals surface area contributed by atoms with Crippen LogP contribution in [0.2, 0.25) is 0 Å². The molecule has 164 valence electrons. The van der Waals surface area contributed by atoms with Crippen molar-refractivity contribution >= 4 is 23.5 Å². The molecule has 2 amide bonds. The highest BCUT2D eigenvalue weighted by Gasteiger charge is 2.36. The molecule has 0 unspecified atom stereocenters. The molecule has 30 heavy (non-hydrogen) atoms. The van der Waals surface area contributed by atoms with Crippen molar-refractivity contribution in [3.8, 4) is 5.75 Å². The molecule has 1 aromatic carbocycles. The van der Waals surface area contributed by atoms with Crippen molar-refractivity contribution in [1.29, 1.82) is 0 Å². The summed E-state index contributed by atoms with van der Waals surface area (Å²) in [5.41, 5.74) is -0.299. The van der Waals surface area contributed by atoms with Gasteiger partial charge in [-0.05, 0) is 57.2 Å². The first-order valence-electron chi connectivity index (χ1n) is 10.8. The molecule has 2 N–H and O–H groups in total. The van der Waals surface area contributed by atoms with Crippen LogP contribution in [0.4, 0.5) is 5.69 Å². The largest absolute Gasteiger partial charge is 0.476 e. The van der Waals surface area contributed by atoms with Crippen LogP contribution < -0.4 is 15.4 Å². The minimum absolute atomic E-state index is 0.152. The molecule has 1 aliphatic carbocycles. The summed E-state index contributed by atoms with van der Waals surface area (Å²) in [5.74, 6) is -0.435. The number of hydrogen-bond donors (Lipinski definition) is 2. The summed E-state index contributed by atoms with van der Waals surface area (Å²) in [5, 5.41) is 5.81. The lowest BCUT2D eigenvalue weighted by molar-refractivity contribution is -0.131. The third-order valence-electron chi connectivity index (χ3n) is 5.55. The maximum atomic E-state index is 12.8. The van der Waals surface area contributed by atoms with Crippen molar-refractivity contribution in [3.05, 3.63) is 23.8 Å². The summed E-state index contributed by atoms with van der Waals surface area (Å²) in [6.45, 7) is 7.33. The second-order valence-corrected chi connectivity index (χ2v) is 9.14. The molecule has 7 heteroatoms. The van der Waals surface area contributed by atoms with Crippen LogP contribution in [0.5, 0.6) is 5.75 Å². The third-order valence-corrected chi connectivity index (χ3v) is 5.55. The highest BCUT2D eigenvalue weighted by atomic mass is 16.5. The van der Waals surface area contributed by atoms with Crippen molar-refractivity contribution in [3.63, 3.8) is 0 Å². The molecule has 1 atom stereocenters. The molecular weight excluding hydrogens is 384 g/mol. The van der Waals surface area contributed by atoms with Gasteiger partial charge in [0.1, 0.15) is 5.75 Å². The summed E-state index contributed by atoms with van der Waals surface area (Å²) < 4.78 is 11.3. The van der Waals surface area contributed by atoms with Crippen molar-refractivity contribution in [2.45, 2.75) is 84.0 Å². The van der Waals surface area contributed by atoms with E-state index in [1.807, 2.05) is 13.8 Å². The van der Waals surface area contributed by atoms with E-state index in [0.29, 0.717) is 17.9 Å². The van der Waals surface area contributed by atoms with Crippen LogP contribution in [-0.4, -0.2) is 35.5 Å². The van der Waals surface area contributed by atoms with E-state index < -0.39 is 17.7 Å². The molecule has 1 heterocycles.